The van der Waals surface area contributed by atoms with Gasteiger partial charge in [-0.2, -0.15) is 0 Å². The van der Waals surface area contributed by atoms with Gasteiger partial charge in [-0.3, -0.25) is 9.59 Å². The van der Waals surface area contributed by atoms with E-state index in [0.29, 0.717) is 41.9 Å². The third kappa shape index (κ3) is 9.45. The van der Waals surface area contributed by atoms with Crippen molar-refractivity contribution in [3.8, 4) is 0 Å². The van der Waals surface area contributed by atoms with Gasteiger partial charge in [0.15, 0.2) is 13.2 Å². The molecule has 55 heavy (non-hydrogen) atoms. The maximum Gasteiger partial charge on any atom is 0.344 e. The highest BCUT2D eigenvalue weighted by molar-refractivity contribution is 5.80. The molecule has 8 rings (SSSR count). The lowest BCUT2D eigenvalue weighted by atomic mass is 9.47. The van der Waals surface area contributed by atoms with Gasteiger partial charge >= 0.3 is 23.9 Å². The second-order valence-corrected chi connectivity index (χ2v) is 20.1. The number of hydrogen-bond acceptors (Lipinski definition) is 8. The molecule has 0 aromatic carbocycles. The number of carbonyl (C=O) groups is 4. The van der Waals surface area contributed by atoms with Crippen LogP contribution >= 0.6 is 0 Å². The van der Waals surface area contributed by atoms with Crippen molar-refractivity contribution in [2.24, 2.45) is 70.5 Å². The average Bonchev–Trinajstić information content (AvgIpc) is 3.16. The van der Waals surface area contributed by atoms with Gasteiger partial charge in [-0.1, -0.05) is 74.1 Å². The molecule has 0 saturated heterocycles. The first-order chi connectivity index (χ1) is 26.1. The van der Waals surface area contributed by atoms with Crippen molar-refractivity contribution in [2.45, 2.75) is 189 Å². The first-order valence-electron chi connectivity index (χ1n) is 22.9. The van der Waals surface area contributed by atoms with Crippen molar-refractivity contribution in [3.05, 3.63) is 0 Å². The van der Waals surface area contributed by atoms with Crippen LogP contribution in [0.25, 0.3) is 0 Å². The summed E-state index contributed by atoms with van der Waals surface area (Å²) in [5.41, 5.74) is -1.23. The molecule has 8 aliphatic rings. The topological polar surface area (TPSA) is 105 Å². The van der Waals surface area contributed by atoms with E-state index in [-0.39, 0.29) is 54.2 Å². The van der Waals surface area contributed by atoms with E-state index < -0.39 is 5.41 Å². The molecule has 3 unspecified atom stereocenters. The highest BCUT2D eigenvalue weighted by Crippen LogP contribution is 2.63. The monoisotopic (exact) mass is 771 g/mol. The molecule has 0 radical (unpaired) electrons. The Kier molecular flexibility index (Phi) is 14.9. The molecule has 8 fully saturated rings. The lowest BCUT2D eigenvalue weighted by molar-refractivity contribution is -0.231. The summed E-state index contributed by atoms with van der Waals surface area (Å²) in [4.78, 5) is 49.8. The van der Waals surface area contributed by atoms with E-state index in [1.165, 1.54) is 89.9 Å². The SMILES string of the molecule is CCCCC(C)C1(OC(=O)COC(=O)C(C)(C)CC)C2CC3CC(C2)CC1C3.CCCCC(C)C1(OC(=O)COC(=O)C(C)CC)C2CC3CC(C2)CC1C3. The normalized spacial score (nSPS) is 35.6. The van der Waals surface area contributed by atoms with Gasteiger partial charge in [0.25, 0.3) is 0 Å². The van der Waals surface area contributed by atoms with Crippen LogP contribution in [0, 0.1) is 70.5 Å². The zero-order chi connectivity index (χ0) is 40.1. The van der Waals surface area contributed by atoms with E-state index in [1.807, 2.05) is 34.6 Å². The van der Waals surface area contributed by atoms with Crippen molar-refractivity contribution in [1.82, 2.24) is 0 Å². The Morgan fingerprint density at radius 2 is 0.945 bits per heavy atom. The van der Waals surface area contributed by atoms with Gasteiger partial charge in [0.1, 0.15) is 11.2 Å². The van der Waals surface area contributed by atoms with Gasteiger partial charge in [0, 0.05) is 0 Å². The van der Waals surface area contributed by atoms with Crippen LogP contribution in [0.15, 0.2) is 0 Å². The van der Waals surface area contributed by atoms with E-state index in [9.17, 15) is 19.2 Å². The number of unbranched alkanes of at least 4 members (excludes halogenated alkanes) is 2. The van der Waals surface area contributed by atoms with Crippen LogP contribution in [0.3, 0.4) is 0 Å². The summed E-state index contributed by atoms with van der Waals surface area (Å²) in [6.45, 7) is 18.0. The number of esters is 4. The lowest BCUT2D eigenvalue weighted by Crippen LogP contribution is -2.63. The van der Waals surface area contributed by atoms with Crippen LogP contribution in [0.1, 0.15) is 178 Å². The van der Waals surface area contributed by atoms with E-state index in [1.54, 1.807) is 0 Å². The summed E-state index contributed by atoms with van der Waals surface area (Å²) in [7, 11) is 0. The van der Waals surface area contributed by atoms with Crippen molar-refractivity contribution in [1.29, 1.82) is 0 Å². The standard InChI is InChI=1S/C24H40O4.C23H38O4/c1-6-8-9-16(3)24(19-11-17-10-18(13-19)14-20(24)12-17)28-21(25)15-27-22(26)23(4,5)7-2;1-5-7-8-16(4)23(27-21(24)14-26-22(25)15(3)6-2)19-10-17-9-18(12-19)13-20(23)11-17/h16-20H,6-15H2,1-5H3;15-20H,5-14H2,1-4H3. The molecule has 8 bridgehead atoms. The molecule has 0 N–H and O–H groups in total. The van der Waals surface area contributed by atoms with Crippen LogP contribution in [-0.4, -0.2) is 48.3 Å². The Morgan fingerprint density at radius 1 is 0.582 bits per heavy atom. The first-order valence-corrected chi connectivity index (χ1v) is 22.9. The summed E-state index contributed by atoms with van der Waals surface area (Å²) in [6.07, 6.45) is 20.7. The highest BCUT2D eigenvalue weighted by Gasteiger charge is 2.63. The number of hydrogen-bond donors (Lipinski definition) is 0. The molecule has 8 heteroatoms. The fraction of sp³-hybridized carbons (Fsp3) is 0.915. The van der Waals surface area contributed by atoms with Gasteiger partial charge in [0.2, 0.25) is 0 Å². The minimum Gasteiger partial charge on any atom is -0.456 e. The van der Waals surface area contributed by atoms with Crippen molar-refractivity contribution in [3.63, 3.8) is 0 Å². The van der Waals surface area contributed by atoms with Gasteiger partial charge in [-0.15, -0.1) is 0 Å². The summed E-state index contributed by atoms with van der Waals surface area (Å²) >= 11 is 0. The van der Waals surface area contributed by atoms with Crippen LogP contribution in [-0.2, 0) is 38.1 Å². The Bertz CT molecular complexity index is 1260. The summed E-state index contributed by atoms with van der Waals surface area (Å²) in [5.74, 6) is 4.56. The van der Waals surface area contributed by atoms with Crippen LogP contribution in [0.4, 0.5) is 0 Å². The Hall–Kier alpha value is -2.12. The lowest BCUT2D eigenvalue weighted by Gasteiger charge is -2.62. The average molecular weight is 771 g/mol. The first kappa shape index (κ1) is 44.0. The van der Waals surface area contributed by atoms with Crippen LogP contribution < -0.4 is 0 Å². The molecule has 314 valence electrons. The Labute approximate surface area is 334 Å². The second-order valence-electron chi connectivity index (χ2n) is 20.1. The zero-order valence-corrected chi connectivity index (χ0v) is 36.3. The molecule has 0 amide bonds. The van der Waals surface area contributed by atoms with Crippen molar-refractivity contribution < 1.29 is 38.1 Å². The van der Waals surface area contributed by atoms with Gasteiger partial charge in [0.05, 0.1) is 11.3 Å². The third-order valence-electron chi connectivity index (χ3n) is 16.0. The smallest absolute Gasteiger partial charge is 0.344 e. The molecular formula is C47H78O8. The predicted molar refractivity (Wildman–Crippen MR) is 215 cm³/mol. The van der Waals surface area contributed by atoms with Crippen LogP contribution in [0.2, 0.25) is 0 Å². The molecule has 0 heterocycles. The van der Waals surface area contributed by atoms with Crippen molar-refractivity contribution >= 4 is 23.9 Å². The van der Waals surface area contributed by atoms with Crippen molar-refractivity contribution in [2.75, 3.05) is 13.2 Å². The molecule has 0 aromatic heterocycles. The summed E-state index contributed by atoms with van der Waals surface area (Å²) in [5, 5.41) is 0. The number of carbonyl (C=O) groups excluding carboxylic acids is 4. The third-order valence-corrected chi connectivity index (χ3v) is 16.0. The predicted octanol–water partition coefficient (Wildman–Crippen LogP) is 10.7. The maximum atomic E-state index is 12.8. The molecule has 8 saturated carbocycles. The molecule has 0 spiro atoms. The van der Waals surface area contributed by atoms with Gasteiger partial charge in [-0.25, -0.2) is 9.59 Å². The second kappa shape index (κ2) is 18.6. The van der Waals surface area contributed by atoms with Crippen LogP contribution in [0.5, 0.6) is 0 Å². The number of rotatable bonds is 18. The fourth-order valence-corrected chi connectivity index (χ4v) is 12.8. The molecular weight excluding hydrogens is 693 g/mol. The maximum absolute atomic E-state index is 12.8. The number of ether oxygens (including phenoxy) is 4. The van der Waals surface area contributed by atoms with E-state index in [2.05, 4.69) is 27.7 Å². The molecule has 8 aliphatic carbocycles. The van der Waals surface area contributed by atoms with Gasteiger partial charge < -0.3 is 18.9 Å². The van der Waals surface area contributed by atoms with E-state index in [4.69, 9.17) is 18.9 Å². The minimum atomic E-state index is -0.561. The highest BCUT2D eigenvalue weighted by atomic mass is 16.6. The summed E-state index contributed by atoms with van der Waals surface area (Å²) in [6, 6.07) is 0. The summed E-state index contributed by atoms with van der Waals surface area (Å²) < 4.78 is 23.3. The Balaban J connectivity index is 0.000000211. The molecule has 0 aromatic rings. The fourth-order valence-electron chi connectivity index (χ4n) is 12.8. The molecule has 0 aliphatic heterocycles. The minimum absolute atomic E-state index is 0.170. The van der Waals surface area contributed by atoms with Gasteiger partial charge in [-0.05, 0) is 163 Å². The molecule has 3 atom stereocenters. The quantitative estimate of drug-likeness (QED) is 0.100. The Morgan fingerprint density at radius 3 is 1.27 bits per heavy atom. The zero-order valence-electron chi connectivity index (χ0n) is 36.3. The van der Waals surface area contributed by atoms with E-state index in [0.717, 1.165) is 42.9 Å². The van der Waals surface area contributed by atoms with E-state index >= 15 is 0 Å². The largest absolute Gasteiger partial charge is 0.456 e. The molecule has 8 nitrogen and oxygen atoms in total.